The lowest BCUT2D eigenvalue weighted by atomic mass is 10.2. The number of para-hydroxylation sites is 1. The van der Waals surface area contributed by atoms with Crippen LogP contribution in [0.1, 0.15) is 6.92 Å². The van der Waals surface area contributed by atoms with E-state index in [1.165, 1.54) is 10.8 Å². The molecule has 1 heterocycles. The Bertz CT molecular complexity index is 868. The summed E-state index contributed by atoms with van der Waals surface area (Å²) in [5.74, 6) is -0.0313. The van der Waals surface area contributed by atoms with Gasteiger partial charge in [0.15, 0.2) is 0 Å². The Morgan fingerprint density at radius 3 is 2.39 bits per heavy atom. The second kappa shape index (κ2) is 7.89. The zero-order chi connectivity index (χ0) is 16.8. The Kier molecular flexibility index (Phi) is 5.90. The van der Waals surface area contributed by atoms with Gasteiger partial charge in [-0.05, 0) is 18.2 Å². The minimum absolute atomic E-state index is 0.0313. The number of hydrogen-bond acceptors (Lipinski definition) is 3. The molecule has 0 fully saturated rings. The number of hydrogen-bond donors (Lipinski definition) is 0. The van der Waals surface area contributed by atoms with Crippen molar-refractivity contribution in [2.75, 3.05) is 3.93 Å². The predicted octanol–water partition coefficient (Wildman–Crippen LogP) is 3.75. The van der Waals surface area contributed by atoms with Gasteiger partial charge in [-0.2, -0.15) is 5.10 Å². The number of anilines is 1. The highest BCUT2D eigenvalue weighted by Crippen LogP contribution is 2.16. The molecule has 3 aromatic rings. The summed E-state index contributed by atoms with van der Waals surface area (Å²) in [7, 11) is 0. The zero-order valence-electron chi connectivity index (χ0n) is 12.2. The van der Waals surface area contributed by atoms with Crippen molar-refractivity contribution in [2.24, 2.45) is 0 Å². The summed E-state index contributed by atoms with van der Waals surface area (Å²) in [6, 6.07) is 16.6. The zero-order valence-corrected chi connectivity index (χ0v) is 14.5. The summed E-state index contributed by atoms with van der Waals surface area (Å²) < 4.78 is 2.23. The summed E-state index contributed by atoms with van der Waals surface area (Å²) in [5.41, 5.74) is 0.565. The van der Waals surface area contributed by atoms with Crippen LogP contribution in [0.3, 0.4) is 0 Å². The van der Waals surface area contributed by atoms with E-state index in [0.29, 0.717) is 5.39 Å². The van der Waals surface area contributed by atoms with Gasteiger partial charge in [-0.15, -0.1) is 4.20 Å². The maximum absolute atomic E-state index is 11.3. The minimum Gasteiger partial charge on any atom is -0.274 e. The largest absolute Gasteiger partial charge is 0.289 e. The Balaban J connectivity index is 0.000000168. The van der Waals surface area contributed by atoms with Crippen molar-refractivity contribution in [3.8, 4) is 0 Å². The van der Waals surface area contributed by atoms with Gasteiger partial charge in [0.05, 0.1) is 33.4 Å². The van der Waals surface area contributed by atoms with Gasteiger partial charge in [0.25, 0.3) is 5.56 Å². The van der Waals surface area contributed by atoms with E-state index < -0.39 is 0 Å². The van der Waals surface area contributed by atoms with Gasteiger partial charge in [-0.3, -0.25) is 9.59 Å². The molecule has 0 aliphatic carbocycles. The highest BCUT2D eigenvalue weighted by molar-refractivity contribution is 9.10. The molecule has 5 nitrogen and oxygen atoms in total. The quantitative estimate of drug-likeness (QED) is 0.591. The van der Waals surface area contributed by atoms with Crippen LogP contribution >= 0.6 is 27.9 Å². The second-order valence-corrected chi connectivity index (χ2v) is 5.56. The van der Waals surface area contributed by atoms with E-state index in [0.717, 1.165) is 15.3 Å². The number of carbonyl (C=O) groups is 1. The molecule has 0 spiro atoms. The summed E-state index contributed by atoms with van der Waals surface area (Å²) in [6.45, 7) is 1.50. The van der Waals surface area contributed by atoms with Crippen molar-refractivity contribution >= 4 is 50.3 Å². The van der Waals surface area contributed by atoms with Gasteiger partial charge >= 0.3 is 0 Å². The van der Waals surface area contributed by atoms with Crippen LogP contribution in [0.4, 0.5) is 5.69 Å². The third-order valence-electron chi connectivity index (χ3n) is 2.92. The fourth-order valence-corrected chi connectivity index (χ4v) is 2.18. The molecular formula is C16H13BrClN3O2. The van der Waals surface area contributed by atoms with Crippen LogP contribution in [0.2, 0.25) is 0 Å². The van der Waals surface area contributed by atoms with Gasteiger partial charge in [-0.25, -0.2) is 3.93 Å². The van der Waals surface area contributed by atoms with E-state index in [1.54, 1.807) is 18.3 Å². The van der Waals surface area contributed by atoms with Crippen LogP contribution in [-0.4, -0.2) is 15.2 Å². The van der Waals surface area contributed by atoms with E-state index >= 15 is 0 Å². The molecule has 0 bridgehead atoms. The van der Waals surface area contributed by atoms with E-state index in [9.17, 15) is 9.59 Å². The molecule has 23 heavy (non-hydrogen) atoms. The van der Waals surface area contributed by atoms with Crippen molar-refractivity contribution in [1.82, 2.24) is 9.30 Å². The van der Waals surface area contributed by atoms with E-state index in [4.69, 9.17) is 11.8 Å². The highest BCUT2D eigenvalue weighted by atomic mass is 79.9. The van der Waals surface area contributed by atoms with Gasteiger partial charge in [0.2, 0.25) is 5.91 Å². The molecule has 0 unspecified atom stereocenters. The molecule has 7 heteroatoms. The number of nitrogens with zero attached hydrogens (tertiary/aromatic N) is 3. The van der Waals surface area contributed by atoms with Crippen LogP contribution in [0, 0.1) is 0 Å². The lowest BCUT2D eigenvalue weighted by molar-refractivity contribution is -0.115. The fraction of sp³-hybridized carbons (Fsp3) is 0.0625. The van der Waals surface area contributed by atoms with Crippen LogP contribution in [0.5, 0.6) is 0 Å². The highest BCUT2D eigenvalue weighted by Gasteiger charge is 2.04. The molecular weight excluding hydrogens is 382 g/mol. The van der Waals surface area contributed by atoms with Gasteiger partial charge < -0.3 is 0 Å². The maximum atomic E-state index is 11.3. The topological polar surface area (TPSA) is 55.2 Å². The standard InChI is InChI=1S/C8H8BrNO.C8H5ClN2O/c1-7(11)10(9)8-5-3-2-4-6-8;9-11-8(12)7-4-2-1-3-6(7)5-10-11/h2-6H,1H3;1-5H. The molecule has 0 aliphatic heterocycles. The first-order valence-electron chi connectivity index (χ1n) is 6.65. The average Bonchev–Trinajstić information content (AvgIpc) is 2.59. The van der Waals surface area contributed by atoms with Crippen molar-refractivity contribution in [1.29, 1.82) is 0 Å². The van der Waals surface area contributed by atoms with Crippen molar-refractivity contribution < 1.29 is 4.79 Å². The fourth-order valence-electron chi connectivity index (χ4n) is 1.81. The molecule has 0 saturated heterocycles. The van der Waals surface area contributed by atoms with Crippen molar-refractivity contribution in [3.63, 3.8) is 0 Å². The van der Waals surface area contributed by atoms with Gasteiger partial charge in [-0.1, -0.05) is 36.4 Å². The smallest absolute Gasteiger partial charge is 0.274 e. The molecule has 2 aromatic carbocycles. The van der Waals surface area contributed by atoms with Crippen LogP contribution in [0.25, 0.3) is 10.8 Å². The first-order chi connectivity index (χ1) is 11.0. The molecule has 0 saturated carbocycles. The number of rotatable bonds is 1. The van der Waals surface area contributed by atoms with E-state index in [2.05, 4.69) is 21.2 Å². The van der Waals surface area contributed by atoms with Crippen molar-refractivity contribution in [2.45, 2.75) is 6.92 Å². The lowest BCUT2D eigenvalue weighted by Gasteiger charge is -2.10. The van der Waals surface area contributed by atoms with Crippen LogP contribution in [0.15, 0.2) is 65.6 Å². The Labute approximate surface area is 146 Å². The molecule has 0 N–H and O–H groups in total. The van der Waals surface area contributed by atoms with Gasteiger partial charge in [0.1, 0.15) is 0 Å². The molecule has 118 valence electrons. The number of amides is 1. The SMILES string of the molecule is CC(=O)N(Br)c1ccccc1.O=c1c2ccccc2cnn1Cl. The molecule has 1 amide bonds. The summed E-state index contributed by atoms with van der Waals surface area (Å²) in [5, 5.41) is 5.07. The number of halogens is 2. The molecule has 1 aromatic heterocycles. The molecule has 0 atom stereocenters. The molecule has 3 rings (SSSR count). The van der Waals surface area contributed by atoms with Crippen molar-refractivity contribution in [3.05, 3.63) is 71.1 Å². The third-order valence-corrected chi connectivity index (χ3v) is 4.07. The predicted molar refractivity (Wildman–Crippen MR) is 95.8 cm³/mol. The Hall–Kier alpha value is -2.18. The lowest BCUT2D eigenvalue weighted by Crippen LogP contribution is -2.15. The Morgan fingerprint density at radius 1 is 1.13 bits per heavy atom. The molecule has 0 radical (unpaired) electrons. The summed E-state index contributed by atoms with van der Waals surface area (Å²) in [6.07, 6.45) is 1.56. The average molecular weight is 395 g/mol. The number of carbonyl (C=O) groups excluding carboxylic acids is 1. The first kappa shape index (κ1) is 17.2. The maximum Gasteiger partial charge on any atom is 0.289 e. The van der Waals surface area contributed by atoms with Crippen LogP contribution in [-0.2, 0) is 4.79 Å². The number of fused-ring (bicyclic) bond motifs is 1. The number of benzene rings is 2. The normalized spacial score (nSPS) is 9.87. The van der Waals surface area contributed by atoms with Gasteiger partial charge in [0, 0.05) is 24.1 Å². The minimum atomic E-state index is -0.283. The van der Waals surface area contributed by atoms with E-state index in [-0.39, 0.29) is 11.5 Å². The monoisotopic (exact) mass is 393 g/mol. The molecule has 0 aliphatic rings. The van der Waals surface area contributed by atoms with Crippen LogP contribution < -0.4 is 9.49 Å². The first-order valence-corrected chi connectivity index (χ1v) is 7.70. The number of aromatic nitrogens is 2. The second-order valence-electron chi connectivity index (χ2n) is 4.53. The van der Waals surface area contributed by atoms with E-state index in [1.807, 2.05) is 42.5 Å². The Morgan fingerprint density at radius 2 is 1.74 bits per heavy atom. The summed E-state index contributed by atoms with van der Waals surface area (Å²) >= 11 is 8.61. The summed E-state index contributed by atoms with van der Waals surface area (Å²) in [4.78, 5) is 22.1. The third kappa shape index (κ3) is 4.40.